The topological polar surface area (TPSA) is 33.1 Å². The quantitative estimate of drug-likeness (QED) is 0.890. The number of hydrogen-bond donors (Lipinski definition) is 1. The standard InChI is InChI=1S/C15H22FNO/c1-2-3-11-4-5-15(18)13(6-11)7-12-8-14(16)10-17-9-12/h8-11,13,15,18H,2-7H2,1H3. The van der Waals surface area contributed by atoms with E-state index in [4.69, 9.17) is 0 Å². The molecule has 0 aromatic carbocycles. The van der Waals surface area contributed by atoms with Crippen LogP contribution in [0.5, 0.6) is 0 Å². The molecule has 3 heteroatoms. The van der Waals surface area contributed by atoms with Gasteiger partial charge in [0.25, 0.3) is 0 Å². The number of aliphatic hydroxyl groups is 1. The summed E-state index contributed by atoms with van der Waals surface area (Å²) in [6.07, 6.45) is 8.96. The van der Waals surface area contributed by atoms with E-state index in [0.717, 1.165) is 37.2 Å². The third-order valence-electron chi connectivity index (χ3n) is 4.01. The lowest BCUT2D eigenvalue weighted by Gasteiger charge is -2.33. The highest BCUT2D eigenvalue weighted by Gasteiger charge is 2.28. The van der Waals surface area contributed by atoms with Gasteiger partial charge >= 0.3 is 0 Å². The predicted octanol–water partition coefficient (Wildman–Crippen LogP) is 3.34. The maximum absolute atomic E-state index is 13.1. The van der Waals surface area contributed by atoms with Crippen LogP contribution in [0.15, 0.2) is 18.5 Å². The van der Waals surface area contributed by atoms with E-state index < -0.39 is 0 Å². The fraction of sp³-hybridized carbons (Fsp3) is 0.667. The fourth-order valence-corrected chi connectivity index (χ4v) is 3.11. The van der Waals surface area contributed by atoms with Crippen molar-refractivity contribution in [3.8, 4) is 0 Å². The highest BCUT2D eigenvalue weighted by atomic mass is 19.1. The van der Waals surface area contributed by atoms with Gasteiger partial charge in [0.2, 0.25) is 0 Å². The van der Waals surface area contributed by atoms with Crippen LogP contribution in [-0.4, -0.2) is 16.2 Å². The van der Waals surface area contributed by atoms with Gasteiger partial charge in [-0.25, -0.2) is 4.39 Å². The zero-order valence-corrected chi connectivity index (χ0v) is 11.0. The molecular weight excluding hydrogens is 229 g/mol. The first-order valence-corrected chi connectivity index (χ1v) is 6.96. The molecule has 100 valence electrons. The van der Waals surface area contributed by atoms with Gasteiger partial charge in [-0.2, -0.15) is 0 Å². The Morgan fingerprint density at radius 2 is 2.22 bits per heavy atom. The molecule has 0 saturated heterocycles. The van der Waals surface area contributed by atoms with E-state index in [9.17, 15) is 9.50 Å². The Labute approximate surface area is 108 Å². The molecule has 1 aliphatic carbocycles. The Morgan fingerprint density at radius 1 is 1.39 bits per heavy atom. The van der Waals surface area contributed by atoms with Gasteiger partial charge in [-0.05, 0) is 49.1 Å². The Morgan fingerprint density at radius 3 is 2.94 bits per heavy atom. The number of aromatic nitrogens is 1. The summed E-state index contributed by atoms with van der Waals surface area (Å²) in [5, 5.41) is 10.1. The molecule has 0 bridgehead atoms. The molecule has 1 aromatic heterocycles. The molecule has 0 radical (unpaired) electrons. The highest BCUT2D eigenvalue weighted by molar-refractivity contribution is 5.11. The second-order valence-electron chi connectivity index (χ2n) is 5.51. The van der Waals surface area contributed by atoms with Crippen molar-refractivity contribution in [1.82, 2.24) is 4.98 Å². The van der Waals surface area contributed by atoms with E-state index in [2.05, 4.69) is 11.9 Å². The summed E-state index contributed by atoms with van der Waals surface area (Å²) in [6.45, 7) is 2.20. The largest absolute Gasteiger partial charge is 0.393 e. The van der Waals surface area contributed by atoms with Crippen LogP contribution in [0.1, 0.15) is 44.6 Å². The predicted molar refractivity (Wildman–Crippen MR) is 69.6 cm³/mol. The van der Waals surface area contributed by atoms with Crippen molar-refractivity contribution in [1.29, 1.82) is 0 Å². The molecule has 3 unspecified atom stereocenters. The van der Waals surface area contributed by atoms with Crippen LogP contribution in [0.4, 0.5) is 4.39 Å². The molecule has 0 aliphatic heterocycles. The Hall–Kier alpha value is -0.960. The van der Waals surface area contributed by atoms with Crippen molar-refractivity contribution in [3.63, 3.8) is 0 Å². The first-order valence-electron chi connectivity index (χ1n) is 6.96. The normalized spacial score (nSPS) is 28.3. The summed E-state index contributed by atoms with van der Waals surface area (Å²) >= 11 is 0. The van der Waals surface area contributed by atoms with Gasteiger partial charge in [0.1, 0.15) is 5.82 Å². The number of rotatable bonds is 4. The van der Waals surface area contributed by atoms with Crippen molar-refractivity contribution >= 4 is 0 Å². The average Bonchev–Trinajstić information content (AvgIpc) is 2.34. The Kier molecular flexibility index (Phi) is 4.70. The maximum Gasteiger partial charge on any atom is 0.141 e. The molecule has 0 amide bonds. The first kappa shape index (κ1) is 13.5. The maximum atomic E-state index is 13.1. The van der Waals surface area contributed by atoms with Crippen molar-refractivity contribution in [2.24, 2.45) is 11.8 Å². The minimum Gasteiger partial charge on any atom is -0.393 e. The molecule has 18 heavy (non-hydrogen) atoms. The van der Waals surface area contributed by atoms with Gasteiger partial charge in [0.15, 0.2) is 0 Å². The zero-order chi connectivity index (χ0) is 13.0. The SMILES string of the molecule is CCCC1CCC(O)C(Cc2cncc(F)c2)C1. The Bertz CT molecular complexity index is 383. The number of pyridine rings is 1. The molecule has 0 spiro atoms. The Balaban J connectivity index is 1.98. The van der Waals surface area contributed by atoms with Crippen LogP contribution in [-0.2, 0) is 6.42 Å². The third-order valence-corrected chi connectivity index (χ3v) is 4.01. The van der Waals surface area contributed by atoms with Gasteiger partial charge in [-0.1, -0.05) is 19.8 Å². The van der Waals surface area contributed by atoms with Crippen molar-refractivity contribution < 1.29 is 9.50 Å². The molecule has 2 rings (SSSR count). The fourth-order valence-electron chi connectivity index (χ4n) is 3.11. The molecule has 1 saturated carbocycles. The minimum atomic E-state index is -0.289. The molecule has 3 atom stereocenters. The molecular formula is C15H22FNO. The summed E-state index contributed by atoms with van der Waals surface area (Å²) in [6, 6.07) is 1.53. The van der Waals surface area contributed by atoms with E-state index in [1.165, 1.54) is 25.1 Å². The summed E-state index contributed by atoms with van der Waals surface area (Å²) in [5.41, 5.74) is 0.899. The van der Waals surface area contributed by atoms with Crippen LogP contribution in [0, 0.1) is 17.7 Å². The van der Waals surface area contributed by atoms with E-state index in [1.807, 2.05) is 0 Å². The van der Waals surface area contributed by atoms with Crippen LogP contribution < -0.4 is 0 Å². The second kappa shape index (κ2) is 6.28. The summed E-state index contributed by atoms with van der Waals surface area (Å²) < 4.78 is 13.1. The molecule has 1 N–H and O–H groups in total. The smallest absolute Gasteiger partial charge is 0.141 e. The van der Waals surface area contributed by atoms with E-state index in [1.54, 1.807) is 6.20 Å². The summed E-state index contributed by atoms with van der Waals surface area (Å²) in [4.78, 5) is 3.87. The van der Waals surface area contributed by atoms with Crippen LogP contribution in [0.3, 0.4) is 0 Å². The number of hydrogen-bond acceptors (Lipinski definition) is 2. The zero-order valence-electron chi connectivity index (χ0n) is 11.0. The first-order chi connectivity index (χ1) is 8.69. The van der Waals surface area contributed by atoms with Gasteiger partial charge in [0.05, 0.1) is 12.3 Å². The molecule has 1 heterocycles. The number of nitrogens with zero attached hydrogens (tertiary/aromatic N) is 1. The van der Waals surface area contributed by atoms with Crippen LogP contribution >= 0.6 is 0 Å². The highest BCUT2D eigenvalue weighted by Crippen LogP contribution is 2.34. The second-order valence-corrected chi connectivity index (χ2v) is 5.51. The summed E-state index contributed by atoms with van der Waals surface area (Å²) in [7, 11) is 0. The lowest BCUT2D eigenvalue weighted by atomic mass is 9.75. The van der Waals surface area contributed by atoms with E-state index >= 15 is 0 Å². The van der Waals surface area contributed by atoms with Crippen molar-refractivity contribution in [2.45, 2.75) is 51.6 Å². The van der Waals surface area contributed by atoms with Crippen LogP contribution in [0.2, 0.25) is 0 Å². The number of halogens is 1. The van der Waals surface area contributed by atoms with E-state index in [0.29, 0.717) is 0 Å². The average molecular weight is 251 g/mol. The minimum absolute atomic E-state index is 0.235. The van der Waals surface area contributed by atoms with Gasteiger partial charge in [-0.3, -0.25) is 4.98 Å². The van der Waals surface area contributed by atoms with Crippen LogP contribution in [0.25, 0.3) is 0 Å². The molecule has 1 fully saturated rings. The van der Waals surface area contributed by atoms with E-state index in [-0.39, 0.29) is 17.8 Å². The molecule has 1 aliphatic rings. The van der Waals surface area contributed by atoms with Gasteiger partial charge < -0.3 is 5.11 Å². The third kappa shape index (κ3) is 3.52. The summed E-state index contributed by atoms with van der Waals surface area (Å²) in [5.74, 6) is 0.701. The number of aliphatic hydroxyl groups excluding tert-OH is 1. The molecule has 1 aromatic rings. The van der Waals surface area contributed by atoms with Gasteiger partial charge in [0, 0.05) is 6.20 Å². The lowest BCUT2D eigenvalue weighted by molar-refractivity contribution is 0.0462. The van der Waals surface area contributed by atoms with Gasteiger partial charge in [-0.15, -0.1) is 0 Å². The van der Waals surface area contributed by atoms with Crippen molar-refractivity contribution in [3.05, 3.63) is 29.8 Å². The lowest BCUT2D eigenvalue weighted by Crippen LogP contribution is -2.30. The van der Waals surface area contributed by atoms with Crippen molar-refractivity contribution in [2.75, 3.05) is 0 Å². The monoisotopic (exact) mass is 251 g/mol. The molecule has 2 nitrogen and oxygen atoms in total.